The predicted octanol–water partition coefficient (Wildman–Crippen LogP) is 1.09. The lowest BCUT2D eigenvalue weighted by Gasteiger charge is -1.95. The first kappa shape index (κ1) is 4.33. The molecule has 1 aromatic rings. The van der Waals surface area contributed by atoms with E-state index in [4.69, 9.17) is 13.0 Å². The molecule has 0 aliphatic carbocycles. The van der Waals surface area contributed by atoms with Gasteiger partial charge in [0.05, 0.1) is 2.74 Å². The molecular formula is C7H6O3. The van der Waals surface area contributed by atoms with Crippen LogP contribution in [0.25, 0.3) is 0 Å². The topological polar surface area (TPSA) is 57.5 Å². The van der Waals surface area contributed by atoms with E-state index in [0.29, 0.717) is 0 Å². The van der Waals surface area contributed by atoms with Crippen LogP contribution in [-0.4, -0.2) is 16.2 Å². The van der Waals surface area contributed by atoms with Gasteiger partial charge < -0.3 is 10.2 Å². The Bertz CT molecular complexity index is 336. The van der Waals surface area contributed by atoms with Gasteiger partial charge in [0.25, 0.3) is 0 Å². The number of carboxylic acids is 1. The van der Waals surface area contributed by atoms with Crippen molar-refractivity contribution in [2.75, 3.05) is 0 Å². The number of aromatic carboxylic acids is 1. The highest BCUT2D eigenvalue weighted by Crippen LogP contribution is 2.14. The van der Waals surface area contributed by atoms with E-state index in [9.17, 15) is 4.79 Å². The van der Waals surface area contributed by atoms with E-state index in [2.05, 4.69) is 0 Å². The van der Waals surface area contributed by atoms with E-state index in [1.165, 1.54) is 0 Å². The molecule has 0 unspecified atom stereocenters. The summed E-state index contributed by atoms with van der Waals surface area (Å²) in [6.07, 6.45) is 0. The van der Waals surface area contributed by atoms with Gasteiger partial charge in [-0.2, -0.15) is 0 Å². The zero-order valence-corrected chi connectivity index (χ0v) is 4.96. The smallest absolute Gasteiger partial charge is 0.339 e. The van der Waals surface area contributed by atoms with E-state index in [1.54, 1.807) is 0 Å². The molecule has 0 heterocycles. The fourth-order valence-electron chi connectivity index (χ4n) is 0.554. The van der Waals surface area contributed by atoms with Crippen LogP contribution in [0.5, 0.6) is 5.75 Å². The second kappa shape index (κ2) is 2.39. The molecule has 3 heteroatoms. The molecule has 1 aromatic carbocycles. The maximum atomic E-state index is 10.4. The van der Waals surface area contributed by atoms with E-state index in [-0.39, 0.29) is 11.6 Å². The molecule has 0 amide bonds. The first-order valence-electron chi connectivity index (χ1n) is 3.56. The molecule has 0 spiro atoms. The van der Waals surface area contributed by atoms with Crippen molar-refractivity contribution < 1.29 is 17.7 Å². The molecule has 0 saturated heterocycles. The molecule has 0 bridgehead atoms. The maximum Gasteiger partial charge on any atom is 0.339 e. The standard InChI is InChI=1S/C7H6O3/c8-6-4-2-1-3-5(6)7(9)10/h1-4,8H,(H,9,10)/i2D,4D. The lowest BCUT2D eigenvalue weighted by molar-refractivity contribution is 0.0694. The first-order chi connectivity index (χ1) is 5.54. The summed E-state index contributed by atoms with van der Waals surface area (Å²) >= 11 is 0. The number of para-hydroxylation sites is 1. The van der Waals surface area contributed by atoms with Crippen LogP contribution < -0.4 is 0 Å². The Morgan fingerprint density at radius 3 is 3.00 bits per heavy atom. The number of hydrogen-bond acceptors (Lipinski definition) is 2. The van der Waals surface area contributed by atoms with Crippen molar-refractivity contribution >= 4 is 5.97 Å². The highest BCUT2D eigenvalue weighted by atomic mass is 16.4. The number of carbonyl (C=O) groups is 1. The number of aromatic hydroxyl groups is 1. The monoisotopic (exact) mass is 140 g/mol. The molecule has 0 saturated carbocycles. The molecule has 0 aliphatic rings. The van der Waals surface area contributed by atoms with Crippen molar-refractivity contribution in [2.24, 2.45) is 0 Å². The Hall–Kier alpha value is -1.51. The van der Waals surface area contributed by atoms with Crippen molar-refractivity contribution in [1.82, 2.24) is 0 Å². The second-order valence-electron chi connectivity index (χ2n) is 1.67. The first-order valence-corrected chi connectivity index (χ1v) is 2.56. The van der Waals surface area contributed by atoms with Crippen molar-refractivity contribution in [1.29, 1.82) is 0 Å². The van der Waals surface area contributed by atoms with Crippen LogP contribution in [0.1, 0.15) is 13.1 Å². The van der Waals surface area contributed by atoms with Gasteiger partial charge in [-0.05, 0) is 12.1 Å². The van der Waals surface area contributed by atoms with Gasteiger partial charge in [-0.15, -0.1) is 0 Å². The van der Waals surface area contributed by atoms with Gasteiger partial charge >= 0.3 is 5.97 Å². The molecule has 2 N–H and O–H groups in total. The lowest BCUT2D eigenvalue weighted by Crippen LogP contribution is -1.95. The van der Waals surface area contributed by atoms with Gasteiger partial charge in [0.15, 0.2) is 0 Å². The van der Waals surface area contributed by atoms with E-state index in [1.807, 2.05) is 0 Å². The Morgan fingerprint density at radius 2 is 2.40 bits per heavy atom. The molecule has 0 aliphatic heterocycles. The molecule has 0 fully saturated rings. The summed E-state index contributed by atoms with van der Waals surface area (Å²) in [6.45, 7) is 0. The van der Waals surface area contributed by atoms with Crippen LogP contribution in [0.15, 0.2) is 24.2 Å². The molecular weight excluding hydrogens is 132 g/mol. The van der Waals surface area contributed by atoms with Crippen LogP contribution in [0.2, 0.25) is 0 Å². The SMILES string of the molecule is [2H]c1ccc(C(=O)O)c(O)c1[2H]. The number of benzene rings is 1. The Kier molecular flexibility index (Phi) is 1.03. The number of rotatable bonds is 1. The third kappa shape index (κ3) is 1.07. The van der Waals surface area contributed by atoms with Gasteiger partial charge in [0, 0.05) is 0 Å². The zero-order chi connectivity index (χ0) is 9.30. The number of hydrogen-bond donors (Lipinski definition) is 2. The van der Waals surface area contributed by atoms with Gasteiger partial charge in [0.1, 0.15) is 11.3 Å². The van der Waals surface area contributed by atoms with Crippen LogP contribution in [0.4, 0.5) is 0 Å². The average molecular weight is 140 g/mol. The van der Waals surface area contributed by atoms with E-state index in [0.717, 1.165) is 12.1 Å². The number of carboxylic acid groups (broad SMARTS) is 1. The normalized spacial score (nSPS) is 12.0. The minimum Gasteiger partial charge on any atom is -0.507 e. The molecule has 3 nitrogen and oxygen atoms in total. The fourth-order valence-corrected chi connectivity index (χ4v) is 0.554. The van der Waals surface area contributed by atoms with E-state index < -0.39 is 17.8 Å². The molecule has 0 aromatic heterocycles. The van der Waals surface area contributed by atoms with Gasteiger partial charge in [0.2, 0.25) is 0 Å². The minimum absolute atomic E-state index is 0.197. The van der Waals surface area contributed by atoms with Crippen molar-refractivity contribution in [2.45, 2.75) is 0 Å². The summed E-state index contributed by atoms with van der Waals surface area (Å²) in [4.78, 5) is 10.4. The van der Waals surface area contributed by atoms with Crippen LogP contribution >= 0.6 is 0 Å². The fraction of sp³-hybridized carbons (Fsp3) is 0. The quantitative estimate of drug-likeness (QED) is 0.613. The molecule has 1 rings (SSSR count). The Balaban J connectivity index is 3.36. The summed E-state index contributed by atoms with van der Waals surface area (Å²) in [5, 5.41) is 17.5. The number of phenols is 1. The van der Waals surface area contributed by atoms with Crippen LogP contribution in [0, 0.1) is 0 Å². The van der Waals surface area contributed by atoms with Gasteiger partial charge in [-0.3, -0.25) is 0 Å². The van der Waals surface area contributed by atoms with Crippen LogP contribution in [-0.2, 0) is 0 Å². The summed E-state index contributed by atoms with van der Waals surface area (Å²) in [7, 11) is 0. The third-order valence-corrected chi connectivity index (χ3v) is 1.01. The average Bonchev–Trinajstić information content (AvgIpc) is 2.00. The molecule has 10 heavy (non-hydrogen) atoms. The highest BCUT2D eigenvalue weighted by molar-refractivity contribution is 5.90. The van der Waals surface area contributed by atoms with Crippen molar-refractivity contribution in [3.05, 3.63) is 29.8 Å². The molecule has 52 valence electrons. The summed E-state index contributed by atoms with van der Waals surface area (Å²) < 4.78 is 14.1. The summed E-state index contributed by atoms with van der Waals surface area (Å²) in [6, 6.07) is 1.59. The predicted molar refractivity (Wildman–Crippen MR) is 35.1 cm³/mol. The molecule has 0 radical (unpaired) electrons. The third-order valence-electron chi connectivity index (χ3n) is 1.01. The van der Waals surface area contributed by atoms with Gasteiger partial charge in [-0.25, -0.2) is 4.79 Å². The largest absolute Gasteiger partial charge is 0.507 e. The summed E-state index contributed by atoms with van der Waals surface area (Å²) in [5.41, 5.74) is -0.351. The maximum absolute atomic E-state index is 10.4. The Labute approximate surface area is 60.4 Å². The minimum atomic E-state index is -1.30. The summed E-state index contributed by atoms with van der Waals surface area (Å²) in [5.74, 6) is -1.96. The molecule has 0 atom stereocenters. The van der Waals surface area contributed by atoms with Crippen molar-refractivity contribution in [3.63, 3.8) is 0 Å². The van der Waals surface area contributed by atoms with Gasteiger partial charge in [-0.1, -0.05) is 12.1 Å². The second-order valence-corrected chi connectivity index (χ2v) is 1.67. The van der Waals surface area contributed by atoms with Crippen LogP contribution in [0.3, 0.4) is 0 Å². The highest BCUT2D eigenvalue weighted by Gasteiger charge is 2.05. The Morgan fingerprint density at radius 1 is 1.70 bits per heavy atom. The lowest BCUT2D eigenvalue weighted by atomic mass is 10.2. The van der Waals surface area contributed by atoms with Crippen molar-refractivity contribution in [3.8, 4) is 5.75 Å². The van der Waals surface area contributed by atoms with E-state index >= 15 is 0 Å². The zero-order valence-electron chi connectivity index (χ0n) is 6.96.